The summed E-state index contributed by atoms with van der Waals surface area (Å²) < 4.78 is 2.26. The molecular formula is C57H42N4. The van der Waals surface area contributed by atoms with Crippen molar-refractivity contribution in [2.45, 2.75) is 31.7 Å². The summed E-state index contributed by atoms with van der Waals surface area (Å²) in [6.45, 7) is 4.79. The van der Waals surface area contributed by atoms with E-state index in [4.69, 9.17) is 9.97 Å². The summed E-state index contributed by atoms with van der Waals surface area (Å²) in [4.78, 5) is 13.1. The Labute approximate surface area is 355 Å². The average molecular weight is 783 g/mol. The third-order valence-corrected chi connectivity index (χ3v) is 13.2. The fourth-order valence-corrected chi connectivity index (χ4v) is 10.2. The Morgan fingerprint density at radius 3 is 2.10 bits per heavy atom. The first-order valence-electron chi connectivity index (χ1n) is 21.3. The van der Waals surface area contributed by atoms with E-state index in [1.54, 1.807) is 0 Å². The van der Waals surface area contributed by atoms with Gasteiger partial charge in [0.1, 0.15) is 0 Å². The van der Waals surface area contributed by atoms with E-state index in [2.05, 4.69) is 217 Å². The van der Waals surface area contributed by atoms with E-state index in [9.17, 15) is 0 Å². The molecule has 61 heavy (non-hydrogen) atoms. The highest BCUT2D eigenvalue weighted by atomic mass is 15.2. The van der Waals surface area contributed by atoms with Gasteiger partial charge >= 0.3 is 0 Å². The number of anilines is 2. The lowest BCUT2D eigenvalue weighted by molar-refractivity contribution is 0.523. The molecule has 0 saturated heterocycles. The van der Waals surface area contributed by atoms with Gasteiger partial charge < -0.3 is 4.90 Å². The van der Waals surface area contributed by atoms with E-state index in [1.165, 1.54) is 66.3 Å². The van der Waals surface area contributed by atoms with Crippen LogP contribution >= 0.6 is 0 Å². The summed E-state index contributed by atoms with van der Waals surface area (Å²) >= 11 is 0. The Balaban J connectivity index is 0.999. The molecular weight excluding hydrogens is 741 g/mol. The lowest BCUT2D eigenvalue weighted by Gasteiger charge is -2.49. The van der Waals surface area contributed by atoms with Gasteiger partial charge in [0.05, 0.1) is 28.3 Å². The molecule has 4 heteroatoms. The minimum absolute atomic E-state index is 0.123. The van der Waals surface area contributed by atoms with Crippen LogP contribution in [-0.2, 0) is 5.41 Å². The Kier molecular flexibility index (Phi) is 7.98. The number of allylic oxidation sites excluding steroid dienone is 2. The number of fused-ring (bicyclic) bond motifs is 8. The van der Waals surface area contributed by atoms with E-state index < -0.39 is 0 Å². The molecule has 4 nitrogen and oxygen atoms in total. The van der Waals surface area contributed by atoms with Crippen LogP contribution in [0.4, 0.5) is 11.4 Å². The molecule has 0 spiro atoms. The van der Waals surface area contributed by atoms with Crippen LogP contribution in [0, 0.1) is 0 Å². The van der Waals surface area contributed by atoms with Crippen LogP contribution < -0.4 is 4.90 Å². The minimum atomic E-state index is -0.123. The number of para-hydroxylation sites is 3. The molecule has 2 aromatic heterocycles. The molecule has 0 radical (unpaired) electrons. The smallest absolute Gasteiger partial charge is 0.235 e. The molecule has 8 aromatic carbocycles. The second-order valence-corrected chi connectivity index (χ2v) is 16.9. The molecule has 1 atom stereocenters. The van der Waals surface area contributed by atoms with Crippen molar-refractivity contribution in [1.82, 2.24) is 14.5 Å². The molecule has 1 aliphatic heterocycles. The third-order valence-electron chi connectivity index (χ3n) is 13.2. The fraction of sp³-hybridized carbons (Fsp3) is 0.0877. The van der Waals surface area contributed by atoms with Crippen LogP contribution in [0.3, 0.4) is 0 Å². The maximum absolute atomic E-state index is 5.35. The third kappa shape index (κ3) is 5.59. The number of hydrogen-bond acceptors (Lipinski definition) is 3. The highest BCUT2D eigenvalue weighted by Gasteiger charge is 2.43. The van der Waals surface area contributed by atoms with Gasteiger partial charge in [0.25, 0.3) is 0 Å². The van der Waals surface area contributed by atoms with Gasteiger partial charge in [-0.05, 0) is 99.1 Å². The van der Waals surface area contributed by atoms with Crippen LogP contribution in [0.5, 0.6) is 0 Å². The Morgan fingerprint density at radius 2 is 1.23 bits per heavy atom. The van der Waals surface area contributed by atoms with Crippen LogP contribution in [-0.4, -0.2) is 20.6 Å². The SMILES string of the molecule is CC1(C)C2=CC(c3cccc(-c4ccc5c(c4)c4c6ccccc6ccc4n5-c4nc(-c5ccccc5)c5ccccc5n4)c3)=CCC2N(c2ccccc2)c2ccccc21. The Hall–Kier alpha value is -7.56. The first-order valence-corrected chi connectivity index (χ1v) is 21.3. The van der Waals surface area contributed by atoms with Gasteiger partial charge in [-0.2, -0.15) is 0 Å². The maximum Gasteiger partial charge on any atom is 0.235 e. The predicted octanol–water partition coefficient (Wildman–Crippen LogP) is 14.4. The number of nitrogens with zero attached hydrogens (tertiary/aromatic N) is 4. The van der Waals surface area contributed by atoms with Crippen molar-refractivity contribution in [1.29, 1.82) is 0 Å². The molecule has 0 bridgehead atoms. The first kappa shape index (κ1) is 35.4. The van der Waals surface area contributed by atoms with Gasteiger partial charge in [0, 0.05) is 38.5 Å². The lowest BCUT2D eigenvalue weighted by atomic mass is 9.67. The fourth-order valence-electron chi connectivity index (χ4n) is 10.2. The molecule has 0 fully saturated rings. The molecule has 0 amide bonds. The molecule has 1 unspecified atom stereocenters. The molecule has 3 heterocycles. The van der Waals surface area contributed by atoms with Crippen molar-refractivity contribution in [3.8, 4) is 28.3 Å². The zero-order valence-electron chi connectivity index (χ0n) is 34.1. The number of hydrogen-bond donors (Lipinski definition) is 0. The van der Waals surface area contributed by atoms with E-state index in [0.717, 1.165) is 39.6 Å². The van der Waals surface area contributed by atoms with Crippen molar-refractivity contribution in [3.05, 3.63) is 217 Å². The lowest BCUT2D eigenvalue weighted by Crippen LogP contribution is -2.45. The van der Waals surface area contributed by atoms with Gasteiger partial charge in [-0.1, -0.05) is 166 Å². The second-order valence-electron chi connectivity index (χ2n) is 16.9. The maximum atomic E-state index is 5.35. The van der Waals surface area contributed by atoms with Gasteiger partial charge in [-0.15, -0.1) is 0 Å². The van der Waals surface area contributed by atoms with Gasteiger partial charge in [0.2, 0.25) is 5.95 Å². The number of aromatic nitrogens is 3. The second kappa shape index (κ2) is 13.8. The molecule has 1 aliphatic carbocycles. The normalized spacial score (nSPS) is 15.8. The topological polar surface area (TPSA) is 34.0 Å². The molecule has 2 aliphatic rings. The van der Waals surface area contributed by atoms with Crippen molar-refractivity contribution in [2.75, 3.05) is 4.90 Å². The van der Waals surface area contributed by atoms with E-state index in [-0.39, 0.29) is 11.5 Å². The average Bonchev–Trinajstić information content (AvgIpc) is 3.66. The first-order chi connectivity index (χ1) is 30.0. The summed E-state index contributed by atoms with van der Waals surface area (Å²) in [6.07, 6.45) is 5.86. The van der Waals surface area contributed by atoms with Crippen molar-refractivity contribution >= 4 is 60.4 Å². The zero-order valence-corrected chi connectivity index (χ0v) is 34.1. The van der Waals surface area contributed by atoms with Gasteiger partial charge in [0.15, 0.2) is 0 Å². The van der Waals surface area contributed by atoms with Crippen LogP contribution in [0.1, 0.15) is 31.4 Å². The molecule has 12 rings (SSSR count). The van der Waals surface area contributed by atoms with E-state index in [1.807, 2.05) is 6.07 Å². The quantitative estimate of drug-likeness (QED) is 0.174. The summed E-state index contributed by atoms with van der Waals surface area (Å²) in [5, 5.41) is 5.85. The van der Waals surface area contributed by atoms with Crippen LogP contribution in [0.2, 0.25) is 0 Å². The highest BCUT2D eigenvalue weighted by molar-refractivity contribution is 6.21. The largest absolute Gasteiger partial charge is 0.334 e. The summed E-state index contributed by atoms with van der Waals surface area (Å²) in [7, 11) is 0. The summed E-state index contributed by atoms with van der Waals surface area (Å²) in [5.74, 6) is 0.664. The molecule has 0 saturated carbocycles. The van der Waals surface area contributed by atoms with E-state index >= 15 is 0 Å². The standard InChI is InChI=1S/C57H42N4/c1-57(2)47-25-12-14-27-51(47)60(43-21-7-4-8-22-43)52-32-30-42(36-48(52)57)40-20-15-19-39(34-40)41-29-31-50-46(35-41)54-44-23-10-9-16-37(44)28-33-53(54)61(50)56-58-49-26-13-11-24-45(49)55(59-56)38-17-5-3-6-18-38/h3-31,33-36,52H,32H2,1-2H3. The Morgan fingerprint density at radius 1 is 0.541 bits per heavy atom. The van der Waals surface area contributed by atoms with Gasteiger partial charge in [-0.25, -0.2) is 9.97 Å². The van der Waals surface area contributed by atoms with Crippen LogP contribution in [0.25, 0.3) is 77.4 Å². The summed E-state index contributed by atoms with van der Waals surface area (Å²) in [6, 6.07) is 68.0. The molecule has 10 aromatic rings. The van der Waals surface area contributed by atoms with Crippen molar-refractivity contribution < 1.29 is 0 Å². The summed E-state index contributed by atoms with van der Waals surface area (Å²) in [5.41, 5.74) is 15.2. The van der Waals surface area contributed by atoms with Crippen molar-refractivity contribution in [3.63, 3.8) is 0 Å². The monoisotopic (exact) mass is 782 g/mol. The highest BCUT2D eigenvalue weighted by Crippen LogP contribution is 2.52. The zero-order chi connectivity index (χ0) is 40.7. The number of rotatable bonds is 5. The minimum Gasteiger partial charge on any atom is -0.334 e. The predicted molar refractivity (Wildman–Crippen MR) is 255 cm³/mol. The molecule has 0 N–H and O–H groups in total. The Bertz CT molecular complexity index is 3430. The van der Waals surface area contributed by atoms with E-state index in [0.29, 0.717) is 5.95 Å². The van der Waals surface area contributed by atoms with Gasteiger partial charge in [-0.3, -0.25) is 4.57 Å². The van der Waals surface area contributed by atoms with Crippen molar-refractivity contribution in [2.24, 2.45) is 0 Å². The molecule has 290 valence electrons. The van der Waals surface area contributed by atoms with Crippen LogP contribution in [0.15, 0.2) is 206 Å². The number of benzene rings is 8.